The van der Waals surface area contributed by atoms with Crippen LogP contribution in [0.3, 0.4) is 0 Å². The van der Waals surface area contributed by atoms with Crippen LogP contribution in [-0.2, 0) is 3.36 Å². The number of hydrogen-bond donors (Lipinski definition) is 0. The van der Waals surface area contributed by atoms with E-state index in [-0.39, 0.29) is 0 Å². The predicted molar refractivity (Wildman–Crippen MR) is 53.4 cm³/mol. The normalized spacial score (nSPS) is 11.6. The van der Waals surface area contributed by atoms with Crippen LogP contribution in [0.4, 0.5) is 0 Å². The first-order valence-electron chi connectivity index (χ1n) is 2.89. The van der Waals surface area contributed by atoms with Gasteiger partial charge in [0.05, 0.1) is 9.93 Å². The Hall–Kier alpha value is -0.0100. The topological polar surface area (TPSA) is 56.0 Å². The van der Waals surface area contributed by atoms with Crippen LogP contribution in [0, 0.1) is 17.0 Å². The summed E-state index contributed by atoms with van der Waals surface area (Å²) < 4.78 is -1.44. The lowest BCUT2D eigenvalue weighted by Gasteiger charge is -2.06. The minimum absolute atomic E-state index is 0.370. The Morgan fingerprint density at radius 1 is 1.75 bits per heavy atom. The quantitative estimate of drug-likeness (QED) is 0.365. The van der Waals surface area contributed by atoms with Crippen molar-refractivity contribution in [2.24, 2.45) is 0 Å². The molecule has 66 valence electrons. The number of alkyl halides is 2. The molecule has 1 heterocycles. The van der Waals surface area contributed by atoms with Crippen LogP contribution >= 0.6 is 43.2 Å². The molecular formula is C5H4Br2N2O2S. The van der Waals surface area contributed by atoms with Crippen LogP contribution in [0.1, 0.15) is 10.7 Å². The van der Waals surface area contributed by atoms with Gasteiger partial charge in [0.25, 0.3) is 0 Å². The molecule has 0 aliphatic heterocycles. The zero-order valence-electron chi connectivity index (χ0n) is 5.95. The summed E-state index contributed by atoms with van der Waals surface area (Å²) in [6.45, 7) is 1.80. The number of rotatable bonds is 2. The van der Waals surface area contributed by atoms with E-state index >= 15 is 0 Å². The van der Waals surface area contributed by atoms with Crippen LogP contribution in [-0.4, -0.2) is 9.91 Å². The summed E-state index contributed by atoms with van der Waals surface area (Å²) in [4.78, 5) is 14.0. The van der Waals surface area contributed by atoms with Crippen molar-refractivity contribution in [1.29, 1.82) is 0 Å². The molecule has 0 aromatic carbocycles. The molecule has 0 fully saturated rings. The zero-order valence-corrected chi connectivity index (χ0v) is 9.94. The Kier molecular flexibility index (Phi) is 2.84. The third-order valence-corrected chi connectivity index (χ3v) is 3.32. The SMILES string of the molecule is Cc1nc(C(Br)(Br)[N+](=O)[O-])cs1. The highest BCUT2D eigenvalue weighted by atomic mass is 79.9. The molecule has 1 aromatic rings. The van der Waals surface area contributed by atoms with Crippen molar-refractivity contribution in [3.8, 4) is 0 Å². The maximum Gasteiger partial charge on any atom is 0.369 e. The maximum absolute atomic E-state index is 10.5. The third kappa shape index (κ3) is 1.83. The van der Waals surface area contributed by atoms with E-state index < -0.39 is 8.28 Å². The highest BCUT2D eigenvalue weighted by Crippen LogP contribution is 2.38. The van der Waals surface area contributed by atoms with E-state index in [1.165, 1.54) is 11.3 Å². The predicted octanol–water partition coefficient (Wildman–Crippen LogP) is 2.63. The van der Waals surface area contributed by atoms with Crippen molar-refractivity contribution in [2.75, 3.05) is 0 Å². The first kappa shape index (κ1) is 10.1. The van der Waals surface area contributed by atoms with Gasteiger partial charge < -0.3 is 0 Å². The molecule has 0 aliphatic rings. The van der Waals surface area contributed by atoms with E-state index in [2.05, 4.69) is 36.8 Å². The smallest absolute Gasteiger partial charge is 0.262 e. The van der Waals surface area contributed by atoms with Crippen LogP contribution < -0.4 is 0 Å². The minimum Gasteiger partial charge on any atom is -0.262 e. The average molecular weight is 316 g/mol. The standard InChI is InChI=1S/C5H4Br2N2O2S/c1-3-8-4(2-12-3)5(6,7)9(10)11/h2H,1H3. The molecule has 0 atom stereocenters. The molecule has 0 aliphatic carbocycles. The lowest BCUT2D eigenvalue weighted by atomic mass is 10.5. The molecule has 7 heteroatoms. The van der Waals surface area contributed by atoms with Crippen molar-refractivity contribution in [2.45, 2.75) is 10.3 Å². The summed E-state index contributed by atoms with van der Waals surface area (Å²) in [7, 11) is 0. The second-order valence-corrected chi connectivity index (χ2v) is 6.47. The first-order chi connectivity index (χ1) is 5.44. The van der Waals surface area contributed by atoms with Crippen molar-refractivity contribution in [3.63, 3.8) is 0 Å². The van der Waals surface area contributed by atoms with Crippen molar-refractivity contribution >= 4 is 43.2 Å². The monoisotopic (exact) mass is 314 g/mol. The van der Waals surface area contributed by atoms with Crippen LogP contribution in [0.5, 0.6) is 0 Å². The van der Waals surface area contributed by atoms with E-state index in [4.69, 9.17) is 0 Å². The molecule has 0 amide bonds. The number of aromatic nitrogens is 1. The Balaban J connectivity index is 3.05. The van der Waals surface area contributed by atoms with Crippen molar-refractivity contribution in [3.05, 3.63) is 26.2 Å². The molecule has 0 saturated carbocycles. The summed E-state index contributed by atoms with van der Waals surface area (Å²) in [5.74, 6) is 0. The van der Waals surface area contributed by atoms with Gasteiger partial charge in [0.2, 0.25) is 0 Å². The molecule has 0 N–H and O–H groups in total. The molecule has 4 nitrogen and oxygen atoms in total. The molecule has 1 rings (SSSR count). The van der Waals surface area contributed by atoms with Gasteiger partial charge in [-0.25, -0.2) is 4.98 Å². The molecule has 0 saturated heterocycles. The van der Waals surface area contributed by atoms with Crippen molar-refractivity contribution in [1.82, 2.24) is 4.98 Å². The molecule has 0 radical (unpaired) electrons. The maximum atomic E-state index is 10.5. The number of nitro groups is 1. The van der Waals surface area contributed by atoms with Gasteiger partial charge in [-0.3, -0.25) is 10.1 Å². The lowest BCUT2D eigenvalue weighted by molar-refractivity contribution is -0.511. The summed E-state index contributed by atoms with van der Waals surface area (Å²) in [5.41, 5.74) is 0.370. The fraction of sp³-hybridized carbons (Fsp3) is 0.400. The van der Waals surface area contributed by atoms with Crippen LogP contribution in [0.25, 0.3) is 0 Å². The van der Waals surface area contributed by atoms with Gasteiger partial charge >= 0.3 is 3.36 Å². The number of hydrogen-bond acceptors (Lipinski definition) is 4. The molecular weight excluding hydrogens is 312 g/mol. The average Bonchev–Trinajstić information content (AvgIpc) is 2.35. The number of halogens is 2. The van der Waals surface area contributed by atoms with Gasteiger partial charge in [0, 0.05) is 37.2 Å². The second kappa shape index (κ2) is 3.39. The molecule has 1 aromatic heterocycles. The Bertz CT molecular complexity index is 312. The van der Waals surface area contributed by atoms with Gasteiger partial charge in [-0.2, -0.15) is 0 Å². The van der Waals surface area contributed by atoms with E-state index in [0.29, 0.717) is 5.69 Å². The van der Waals surface area contributed by atoms with E-state index in [1.807, 2.05) is 0 Å². The highest BCUT2D eigenvalue weighted by Gasteiger charge is 2.41. The number of aryl methyl sites for hydroxylation is 1. The third-order valence-electron chi connectivity index (χ3n) is 1.16. The summed E-state index contributed by atoms with van der Waals surface area (Å²) in [6, 6.07) is 0. The zero-order chi connectivity index (χ0) is 9.35. The van der Waals surface area contributed by atoms with Crippen molar-refractivity contribution < 1.29 is 4.92 Å². The molecule has 0 unspecified atom stereocenters. The van der Waals surface area contributed by atoms with E-state index in [9.17, 15) is 10.1 Å². The second-order valence-electron chi connectivity index (χ2n) is 2.05. The number of thiazole rings is 1. The van der Waals surface area contributed by atoms with Crippen LogP contribution in [0.2, 0.25) is 0 Å². The fourth-order valence-corrected chi connectivity index (χ4v) is 1.96. The molecule has 12 heavy (non-hydrogen) atoms. The summed E-state index contributed by atoms with van der Waals surface area (Å²) in [6.07, 6.45) is 0. The summed E-state index contributed by atoms with van der Waals surface area (Å²) in [5, 5.41) is 12.9. The Morgan fingerprint density at radius 3 is 2.67 bits per heavy atom. The first-order valence-corrected chi connectivity index (χ1v) is 5.36. The van der Waals surface area contributed by atoms with Gasteiger partial charge in [0.15, 0.2) is 5.69 Å². The summed E-state index contributed by atoms with van der Waals surface area (Å²) >= 11 is 7.23. The fourth-order valence-electron chi connectivity index (χ4n) is 0.595. The van der Waals surface area contributed by atoms with Gasteiger partial charge in [-0.05, 0) is 6.92 Å². The Morgan fingerprint density at radius 2 is 2.33 bits per heavy atom. The molecule has 0 bridgehead atoms. The number of nitrogens with zero attached hydrogens (tertiary/aromatic N) is 2. The Labute approximate surface area is 89.4 Å². The lowest BCUT2D eigenvalue weighted by Crippen LogP contribution is -2.20. The molecule has 0 spiro atoms. The van der Waals surface area contributed by atoms with Gasteiger partial charge in [-0.15, -0.1) is 11.3 Å². The van der Waals surface area contributed by atoms with E-state index in [1.54, 1.807) is 12.3 Å². The van der Waals surface area contributed by atoms with Gasteiger partial charge in [0.1, 0.15) is 0 Å². The minimum atomic E-state index is -1.44. The van der Waals surface area contributed by atoms with Gasteiger partial charge in [-0.1, -0.05) is 0 Å². The van der Waals surface area contributed by atoms with E-state index in [0.717, 1.165) is 5.01 Å². The van der Waals surface area contributed by atoms with Crippen LogP contribution in [0.15, 0.2) is 5.38 Å². The largest absolute Gasteiger partial charge is 0.369 e. The highest BCUT2D eigenvalue weighted by molar-refractivity contribution is 9.24.